The summed E-state index contributed by atoms with van der Waals surface area (Å²) in [5.74, 6) is 1.61. The Labute approximate surface area is 268 Å². The Morgan fingerprint density at radius 2 is 1.52 bits per heavy atom. The molecule has 0 amide bonds. The van der Waals surface area contributed by atoms with E-state index in [0.717, 1.165) is 61.9 Å². The molecule has 0 atom stereocenters. The van der Waals surface area contributed by atoms with Gasteiger partial charge in [0.2, 0.25) is 0 Å². The Morgan fingerprint density at radius 3 is 2.30 bits per heavy atom. The van der Waals surface area contributed by atoms with Crippen molar-refractivity contribution in [3.05, 3.63) is 133 Å². The standard InChI is InChI=1S/C40H30BN3O2/c1-40(2,3)28-16-12-25(13-17-28)26-14-18-31-34(23-26)44(29-8-5-4-6-9-29)33-10-7-11-36-37(33)41(31)39-38(45-36)30-22-27(15-19-35(30)46-39)32-20-21-42-24-43-32/h4-24H,1-3H3. The van der Waals surface area contributed by atoms with Gasteiger partial charge in [-0.15, -0.1) is 0 Å². The molecule has 0 N–H and O–H groups in total. The molecular weight excluding hydrogens is 565 g/mol. The fourth-order valence-corrected chi connectivity index (χ4v) is 6.96. The molecule has 46 heavy (non-hydrogen) atoms. The van der Waals surface area contributed by atoms with Crippen molar-refractivity contribution in [3.8, 4) is 33.9 Å². The zero-order valence-electron chi connectivity index (χ0n) is 25.9. The Balaban J connectivity index is 1.26. The van der Waals surface area contributed by atoms with Gasteiger partial charge in [-0.25, -0.2) is 9.97 Å². The van der Waals surface area contributed by atoms with Crippen LogP contribution in [0, 0.1) is 0 Å². The van der Waals surface area contributed by atoms with E-state index in [9.17, 15) is 0 Å². The number of hydrogen-bond acceptors (Lipinski definition) is 5. The van der Waals surface area contributed by atoms with Crippen LogP contribution in [-0.4, -0.2) is 16.7 Å². The molecule has 2 aliphatic heterocycles. The van der Waals surface area contributed by atoms with Crippen molar-refractivity contribution >= 4 is 51.3 Å². The number of aromatic nitrogens is 2. The average Bonchev–Trinajstić information content (AvgIpc) is 3.46. The molecule has 0 aliphatic carbocycles. The van der Waals surface area contributed by atoms with Crippen LogP contribution in [0.25, 0.3) is 33.4 Å². The largest absolute Gasteiger partial charge is 0.466 e. The predicted octanol–water partition coefficient (Wildman–Crippen LogP) is 8.26. The van der Waals surface area contributed by atoms with E-state index < -0.39 is 0 Å². The van der Waals surface area contributed by atoms with E-state index in [0.29, 0.717) is 0 Å². The number of anilines is 3. The smallest absolute Gasteiger partial charge is 0.301 e. The topological polar surface area (TPSA) is 51.4 Å². The predicted molar refractivity (Wildman–Crippen MR) is 187 cm³/mol. The van der Waals surface area contributed by atoms with Gasteiger partial charge in [0.05, 0.1) is 11.1 Å². The molecule has 0 spiro atoms. The SMILES string of the molecule is CC(C)(C)c1ccc(-c2ccc3c(c2)N(c2ccccc2)c2cccc4c2B3c2oc3ccc(-c5ccncn5)cc3c2O4)cc1. The highest BCUT2D eigenvalue weighted by atomic mass is 16.5. The molecule has 0 unspecified atom stereocenters. The van der Waals surface area contributed by atoms with Gasteiger partial charge < -0.3 is 14.1 Å². The second kappa shape index (κ2) is 9.95. The van der Waals surface area contributed by atoms with E-state index in [1.165, 1.54) is 22.2 Å². The van der Waals surface area contributed by atoms with E-state index in [1.807, 2.05) is 18.2 Å². The molecule has 5 nitrogen and oxygen atoms in total. The lowest BCUT2D eigenvalue weighted by Gasteiger charge is -2.38. The highest BCUT2D eigenvalue weighted by Crippen LogP contribution is 2.44. The van der Waals surface area contributed by atoms with Crippen molar-refractivity contribution in [1.82, 2.24) is 9.97 Å². The van der Waals surface area contributed by atoms with E-state index in [1.54, 1.807) is 12.5 Å². The first-order valence-electron chi connectivity index (χ1n) is 15.7. The first kappa shape index (κ1) is 26.8. The first-order chi connectivity index (χ1) is 22.4. The maximum absolute atomic E-state index is 6.75. The van der Waals surface area contributed by atoms with Crippen molar-refractivity contribution in [2.45, 2.75) is 26.2 Å². The van der Waals surface area contributed by atoms with Crippen molar-refractivity contribution in [2.75, 3.05) is 4.90 Å². The van der Waals surface area contributed by atoms with Gasteiger partial charge in [0.15, 0.2) is 5.75 Å². The quantitative estimate of drug-likeness (QED) is 0.193. The molecule has 4 heterocycles. The Hall–Kier alpha value is -5.62. The monoisotopic (exact) mass is 595 g/mol. The third-order valence-corrected chi connectivity index (χ3v) is 9.27. The highest BCUT2D eigenvalue weighted by Gasteiger charge is 2.45. The molecular formula is C40H30BN3O2. The summed E-state index contributed by atoms with van der Waals surface area (Å²) < 4.78 is 13.5. The lowest BCUT2D eigenvalue weighted by Crippen LogP contribution is -2.59. The number of ether oxygens (including phenoxy) is 1. The van der Waals surface area contributed by atoms with Gasteiger partial charge in [-0.2, -0.15) is 0 Å². The van der Waals surface area contributed by atoms with Crippen molar-refractivity contribution in [3.63, 3.8) is 0 Å². The molecule has 9 rings (SSSR count). The van der Waals surface area contributed by atoms with Crippen LogP contribution >= 0.6 is 0 Å². The lowest BCUT2D eigenvalue weighted by molar-refractivity contribution is 0.482. The normalized spacial score (nSPS) is 13.2. The summed E-state index contributed by atoms with van der Waals surface area (Å²) >= 11 is 0. The Morgan fingerprint density at radius 1 is 0.717 bits per heavy atom. The van der Waals surface area contributed by atoms with E-state index in [2.05, 4.69) is 133 Å². The Bertz CT molecular complexity index is 2270. The minimum Gasteiger partial charge on any atom is -0.466 e. The third-order valence-electron chi connectivity index (χ3n) is 9.27. The molecule has 7 aromatic rings. The Kier molecular flexibility index (Phi) is 5.79. The van der Waals surface area contributed by atoms with Crippen LogP contribution in [0.3, 0.4) is 0 Å². The number of nitrogens with zero attached hydrogens (tertiary/aromatic N) is 3. The molecule has 6 heteroatoms. The van der Waals surface area contributed by atoms with Gasteiger partial charge >= 0.3 is 6.71 Å². The second-order valence-corrected chi connectivity index (χ2v) is 13.1. The molecule has 5 aromatic carbocycles. The van der Waals surface area contributed by atoms with Crippen LogP contribution in [0.4, 0.5) is 17.1 Å². The maximum atomic E-state index is 6.75. The first-order valence-corrected chi connectivity index (χ1v) is 15.7. The van der Waals surface area contributed by atoms with Gasteiger partial charge in [0.1, 0.15) is 23.3 Å². The average molecular weight is 596 g/mol. The third kappa shape index (κ3) is 4.10. The molecule has 2 aliphatic rings. The van der Waals surface area contributed by atoms with Crippen LogP contribution in [0.1, 0.15) is 26.3 Å². The number of rotatable bonds is 3. The number of furan rings is 1. The molecule has 0 saturated heterocycles. The van der Waals surface area contributed by atoms with Crippen LogP contribution in [-0.2, 0) is 5.41 Å². The summed E-state index contributed by atoms with van der Waals surface area (Å²) in [5.41, 5.74) is 12.9. The van der Waals surface area contributed by atoms with E-state index in [-0.39, 0.29) is 12.1 Å². The molecule has 2 aromatic heterocycles. The molecule has 0 fully saturated rings. The fourth-order valence-electron chi connectivity index (χ4n) is 6.96. The summed E-state index contributed by atoms with van der Waals surface area (Å²) in [7, 11) is 0. The zero-order chi connectivity index (χ0) is 31.0. The van der Waals surface area contributed by atoms with Gasteiger partial charge in [-0.3, -0.25) is 0 Å². The molecule has 0 bridgehead atoms. The summed E-state index contributed by atoms with van der Waals surface area (Å²) in [5, 5.41) is 0.935. The van der Waals surface area contributed by atoms with Gasteiger partial charge in [-0.1, -0.05) is 81.4 Å². The number of hydrogen-bond donors (Lipinski definition) is 0. The van der Waals surface area contributed by atoms with E-state index in [4.69, 9.17) is 9.15 Å². The van der Waals surface area contributed by atoms with Crippen LogP contribution in [0.15, 0.2) is 132 Å². The van der Waals surface area contributed by atoms with Crippen molar-refractivity contribution in [2.24, 2.45) is 0 Å². The zero-order valence-corrected chi connectivity index (χ0v) is 25.9. The summed E-state index contributed by atoms with van der Waals surface area (Å²) in [6.45, 7) is 6.63. The van der Waals surface area contributed by atoms with Crippen LogP contribution in [0.2, 0.25) is 0 Å². The minimum atomic E-state index is -0.128. The fraction of sp³-hybridized carbons (Fsp3) is 0.100. The summed E-state index contributed by atoms with van der Waals surface area (Å²) in [6, 6.07) is 40.8. The number of benzene rings is 5. The minimum absolute atomic E-state index is 0.100. The van der Waals surface area contributed by atoms with Gasteiger partial charge in [-0.05, 0) is 82.2 Å². The number of para-hydroxylation sites is 1. The second-order valence-electron chi connectivity index (χ2n) is 13.1. The summed E-state index contributed by atoms with van der Waals surface area (Å²) in [6.07, 6.45) is 3.33. The van der Waals surface area contributed by atoms with Gasteiger partial charge in [0, 0.05) is 34.3 Å². The summed E-state index contributed by atoms with van der Waals surface area (Å²) in [4.78, 5) is 10.9. The molecule has 0 radical (unpaired) electrons. The number of fused-ring (bicyclic) bond motifs is 6. The van der Waals surface area contributed by atoms with Crippen LogP contribution in [0.5, 0.6) is 11.5 Å². The highest BCUT2D eigenvalue weighted by molar-refractivity contribution is 6.98. The molecule has 220 valence electrons. The maximum Gasteiger partial charge on any atom is 0.301 e. The van der Waals surface area contributed by atoms with Crippen LogP contribution < -0.4 is 26.2 Å². The molecule has 0 saturated carbocycles. The van der Waals surface area contributed by atoms with Gasteiger partial charge in [0.25, 0.3) is 0 Å². The lowest BCUT2D eigenvalue weighted by atomic mass is 9.36. The van der Waals surface area contributed by atoms with Crippen molar-refractivity contribution < 1.29 is 9.15 Å². The van der Waals surface area contributed by atoms with E-state index >= 15 is 0 Å². The van der Waals surface area contributed by atoms with Crippen molar-refractivity contribution in [1.29, 1.82) is 0 Å².